The molecule has 0 aromatic carbocycles. The second-order valence-corrected chi connectivity index (χ2v) is 8.46. The zero-order valence-electron chi connectivity index (χ0n) is 18.6. The zero-order valence-corrected chi connectivity index (χ0v) is 18.6. The minimum absolute atomic E-state index is 0.000776. The highest BCUT2D eigenvalue weighted by Gasteiger charge is 2.26. The van der Waals surface area contributed by atoms with Gasteiger partial charge in [-0.15, -0.1) is 0 Å². The third kappa shape index (κ3) is 5.62. The SMILES string of the molecule is Cc1cccnc1Nc1cccc(C2CCCN(C(=O)COCCN3CCCC3=O)C2)n1. The van der Waals surface area contributed by atoms with Crippen LogP contribution in [-0.4, -0.2) is 71.0 Å². The second-order valence-electron chi connectivity index (χ2n) is 8.46. The monoisotopic (exact) mass is 437 g/mol. The average molecular weight is 438 g/mol. The molecule has 0 bridgehead atoms. The smallest absolute Gasteiger partial charge is 0.248 e. The molecule has 2 saturated heterocycles. The molecule has 8 nitrogen and oxygen atoms in total. The van der Waals surface area contributed by atoms with Crippen LogP contribution >= 0.6 is 0 Å². The van der Waals surface area contributed by atoms with Crippen LogP contribution < -0.4 is 5.32 Å². The van der Waals surface area contributed by atoms with Gasteiger partial charge in [0.25, 0.3) is 0 Å². The summed E-state index contributed by atoms with van der Waals surface area (Å²) in [7, 11) is 0. The number of pyridine rings is 2. The second kappa shape index (κ2) is 10.5. The predicted molar refractivity (Wildman–Crippen MR) is 122 cm³/mol. The molecule has 2 amide bonds. The van der Waals surface area contributed by atoms with Crippen LogP contribution in [0.5, 0.6) is 0 Å². The third-order valence-corrected chi connectivity index (χ3v) is 6.12. The molecule has 1 N–H and O–H groups in total. The van der Waals surface area contributed by atoms with E-state index in [0.717, 1.165) is 55.2 Å². The van der Waals surface area contributed by atoms with Gasteiger partial charge in [0, 0.05) is 50.4 Å². The molecule has 0 spiro atoms. The van der Waals surface area contributed by atoms with E-state index in [2.05, 4.69) is 10.3 Å². The number of piperidine rings is 1. The van der Waals surface area contributed by atoms with Crippen LogP contribution in [0.2, 0.25) is 0 Å². The minimum atomic E-state index is 0.000776. The summed E-state index contributed by atoms with van der Waals surface area (Å²) in [6.07, 6.45) is 5.24. The van der Waals surface area contributed by atoms with Crippen molar-refractivity contribution in [1.82, 2.24) is 19.8 Å². The Balaban J connectivity index is 1.29. The van der Waals surface area contributed by atoms with Crippen molar-refractivity contribution >= 4 is 23.5 Å². The molecule has 2 fully saturated rings. The van der Waals surface area contributed by atoms with Gasteiger partial charge in [-0.2, -0.15) is 0 Å². The predicted octanol–water partition coefficient (Wildman–Crippen LogP) is 2.87. The number of aromatic nitrogens is 2. The van der Waals surface area contributed by atoms with Crippen molar-refractivity contribution in [2.75, 3.05) is 44.7 Å². The fourth-order valence-corrected chi connectivity index (χ4v) is 4.30. The van der Waals surface area contributed by atoms with Gasteiger partial charge in [0.05, 0.1) is 6.61 Å². The van der Waals surface area contributed by atoms with Gasteiger partial charge in [-0.05, 0) is 49.9 Å². The van der Waals surface area contributed by atoms with Crippen molar-refractivity contribution in [1.29, 1.82) is 0 Å². The molecule has 0 radical (unpaired) electrons. The Hall–Kier alpha value is -3.00. The van der Waals surface area contributed by atoms with E-state index < -0.39 is 0 Å². The number of aryl methyl sites for hydroxylation is 1. The summed E-state index contributed by atoms with van der Waals surface area (Å²) in [4.78, 5) is 37.2. The van der Waals surface area contributed by atoms with Gasteiger partial charge in [-0.1, -0.05) is 12.1 Å². The van der Waals surface area contributed by atoms with Crippen LogP contribution in [0, 0.1) is 6.92 Å². The first-order chi connectivity index (χ1) is 15.6. The van der Waals surface area contributed by atoms with E-state index in [1.165, 1.54) is 0 Å². The molecule has 2 aromatic heterocycles. The first-order valence-corrected chi connectivity index (χ1v) is 11.4. The summed E-state index contributed by atoms with van der Waals surface area (Å²) < 4.78 is 5.58. The molecule has 0 saturated carbocycles. The first kappa shape index (κ1) is 22.2. The van der Waals surface area contributed by atoms with Gasteiger partial charge in [0.1, 0.15) is 18.2 Å². The number of amides is 2. The van der Waals surface area contributed by atoms with Crippen molar-refractivity contribution in [2.45, 2.75) is 38.5 Å². The largest absolute Gasteiger partial charge is 0.370 e. The fourth-order valence-electron chi connectivity index (χ4n) is 4.30. The van der Waals surface area contributed by atoms with Crippen LogP contribution in [0.1, 0.15) is 42.9 Å². The van der Waals surface area contributed by atoms with E-state index in [-0.39, 0.29) is 24.3 Å². The van der Waals surface area contributed by atoms with Crippen molar-refractivity contribution in [3.05, 3.63) is 47.8 Å². The van der Waals surface area contributed by atoms with Crippen LogP contribution in [-0.2, 0) is 14.3 Å². The molecule has 2 aliphatic heterocycles. The lowest BCUT2D eigenvalue weighted by Gasteiger charge is -2.32. The maximum Gasteiger partial charge on any atom is 0.248 e. The first-order valence-electron chi connectivity index (χ1n) is 11.4. The number of rotatable bonds is 8. The van der Waals surface area contributed by atoms with Crippen LogP contribution in [0.15, 0.2) is 36.5 Å². The number of hydrogen-bond acceptors (Lipinski definition) is 6. The molecule has 170 valence electrons. The molecule has 2 aromatic rings. The van der Waals surface area contributed by atoms with Crippen molar-refractivity contribution in [2.24, 2.45) is 0 Å². The summed E-state index contributed by atoms with van der Waals surface area (Å²) in [5.74, 6) is 1.93. The van der Waals surface area contributed by atoms with E-state index in [4.69, 9.17) is 9.72 Å². The number of ether oxygens (including phenoxy) is 1. The maximum atomic E-state index is 12.7. The summed E-state index contributed by atoms with van der Waals surface area (Å²) in [6.45, 7) is 5.22. The number of carbonyl (C=O) groups excluding carboxylic acids is 2. The van der Waals surface area contributed by atoms with E-state index in [0.29, 0.717) is 26.1 Å². The Morgan fingerprint density at radius 1 is 1.22 bits per heavy atom. The summed E-state index contributed by atoms with van der Waals surface area (Å²) in [5.41, 5.74) is 2.04. The molecule has 2 aliphatic rings. The highest BCUT2D eigenvalue weighted by molar-refractivity contribution is 5.78. The normalized spacial score (nSPS) is 18.8. The fraction of sp³-hybridized carbons (Fsp3) is 0.500. The molecule has 4 rings (SSSR count). The molecule has 4 heterocycles. The van der Waals surface area contributed by atoms with Gasteiger partial charge >= 0.3 is 0 Å². The summed E-state index contributed by atoms with van der Waals surface area (Å²) >= 11 is 0. The molecule has 1 atom stereocenters. The molecular formula is C24H31N5O3. The van der Waals surface area contributed by atoms with Gasteiger partial charge in [0.15, 0.2) is 0 Å². The minimum Gasteiger partial charge on any atom is -0.370 e. The number of anilines is 2. The van der Waals surface area contributed by atoms with Crippen molar-refractivity contribution in [3.8, 4) is 0 Å². The lowest BCUT2D eigenvalue weighted by Crippen LogP contribution is -2.41. The van der Waals surface area contributed by atoms with Crippen LogP contribution in [0.3, 0.4) is 0 Å². The summed E-state index contributed by atoms with van der Waals surface area (Å²) in [6, 6.07) is 9.87. The van der Waals surface area contributed by atoms with Gasteiger partial charge in [-0.25, -0.2) is 9.97 Å². The van der Waals surface area contributed by atoms with E-state index in [9.17, 15) is 9.59 Å². The van der Waals surface area contributed by atoms with Gasteiger partial charge < -0.3 is 19.9 Å². The standard InChI is InChI=1S/C24H31N5O3/c1-18-6-3-11-25-24(18)27-21-9-2-8-20(26-21)19-7-4-13-29(16-19)23(31)17-32-15-14-28-12-5-10-22(28)30/h2-3,6,8-9,11,19H,4-5,7,10,12-17H2,1H3,(H,25,26,27). The van der Waals surface area contributed by atoms with Crippen LogP contribution in [0.25, 0.3) is 0 Å². The lowest BCUT2D eigenvalue weighted by atomic mass is 9.94. The Kier molecular flexibility index (Phi) is 7.32. The molecule has 8 heteroatoms. The highest BCUT2D eigenvalue weighted by Crippen LogP contribution is 2.27. The van der Waals surface area contributed by atoms with E-state index in [1.807, 2.05) is 42.2 Å². The number of likely N-dealkylation sites (tertiary alicyclic amines) is 2. The van der Waals surface area contributed by atoms with E-state index >= 15 is 0 Å². The highest BCUT2D eigenvalue weighted by atomic mass is 16.5. The zero-order chi connectivity index (χ0) is 22.3. The lowest BCUT2D eigenvalue weighted by molar-refractivity contribution is -0.137. The Bertz CT molecular complexity index is 951. The summed E-state index contributed by atoms with van der Waals surface area (Å²) in [5, 5.41) is 3.30. The number of hydrogen-bond donors (Lipinski definition) is 1. The Morgan fingerprint density at radius 3 is 2.94 bits per heavy atom. The maximum absolute atomic E-state index is 12.7. The molecule has 1 unspecified atom stereocenters. The van der Waals surface area contributed by atoms with Gasteiger partial charge in [0.2, 0.25) is 11.8 Å². The molecule has 0 aliphatic carbocycles. The Morgan fingerprint density at radius 2 is 2.12 bits per heavy atom. The topological polar surface area (TPSA) is 87.7 Å². The quantitative estimate of drug-likeness (QED) is 0.639. The van der Waals surface area contributed by atoms with Crippen LogP contribution in [0.4, 0.5) is 11.6 Å². The average Bonchev–Trinajstić information content (AvgIpc) is 3.23. The number of carbonyl (C=O) groups is 2. The number of nitrogens with zero attached hydrogens (tertiary/aromatic N) is 4. The van der Waals surface area contributed by atoms with Gasteiger partial charge in [-0.3, -0.25) is 9.59 Å². The van der Waals surface area contributed by atoms with Crippen molar-refractivity contribution in [3.63, 3.8) is 0 Å². The Labute approximate surface area is 189 Å². The third-order valence-electron chi connectivity index (χ3n) is 6.12. The molecule has 32 heavy (non-hydrogen) atoms. The van der Waals surface area contributed by atoms with Crippen molar-refractivity contribution < 1.29 is 14.3 Å². The van der Waals surface area contributed by atoms with E-state index in [1.54, 1.807) is 11.1 Å². The molecular weight excluding hydrogens is 406 g/mol. The number of nitrogens with one attached hydrogen (secondary N) is 1.